The van der Waals surface area contributed by atoms with Crippen molar-refractivity contribution < 1.29 is 4.79 Å². The minimum atomic E-state index is -0.153. The Labute approximate surface area is 40.6 Å². The molecule has 0 saturated carbocycles. The van der Waals surface area contributed by atoms with E-state index >= 15 is 0 Å². The van der Waals surface area contributed by atoms with Crippen molar-refractivity contribution in [3.05, 3.63) is 0 Å². The van der Waals surface area contributed by atoms with Gasteiger partial charge < -0.3 is 0 Å². The fourth-order valence-electron chi connectivity index (χ4n) is 0.353. The quantitative estimate of drug-likeness (QED) is 0.304. The van der Waals surface area contributed by atoms with Crippen LogP contribution in [0.5, 0.6) is 0 Å². The first kappa shape index (κ1) is 4.26. The largest absolute Gasteiger partial charge is 0.271 e. The molecule has 1 rings (SSSR count). The van der Waals surface area contributed by atoms with Gasteiger partial charge in [0.2, 0.25) is 0 Å². The lowest BCUT2D eigenvalue weighted by Crippen LogP contribution is -2.32. The summed E-state index contributed by atoms with van der Waals surface area (Å²) < 4.78 is 0. The fourth-order valence-corrected chi connectivity index (χ4v) is 0.353. The minimum Gasteiger partial charge on any atom is -0.271 e. The van der Waals surface area contributed by atoms with Crippen molar-refractivity contribution in [3.8, 4) is 0 Å². The van der Waals surface area contributed by atoms with Gasteiger partial charge in [0.05, 0.1) is 0 Å². The summed E-state index contributed by atoms with van der Waals surface area (Å²) in [5.74, 6) is 4.86. The summed E-state index contributed by atoms with van der Waals surface area (Å²) in [6.07, 6.45) is 1.31. The molecule has 2 N–H and O–H groups in total. The van der Waals surface area contributed by atoms with E-state index in [1.165, 1.54) is 6.34 Å². The second kappa shape index (κ2) is 1.31. The highest BCUT2D eigenvalue weighted by Crippen LogP contribution is 1.85. The fraction of sp³-hybridized carbons (Fsp3) is 0.333. The smallest absolute Gasteiger partial charge is 0.263 e. The summed E-state index contributed by atoms with van der Waals surface area (Å²) in [6, 6.07) is 0. The average molecular weight is 99.1 g/mol. The molecule has 38 valence electrons. The Bertz CT molecular complexity index is 119. The number of amides is 1. The zero-order valence-corrected chi connectivity index (χ0v) is 3.66. The van der Waals surface area contributed by atoms with Crippen LogP contribution < -0.4 is 5.84 Å². The summed E-state index contributed by atoms with van der Waals surface area (Å²) in [5.41, 5.74) is 0. The summed E-state index contributed by atoms with van der Waals surface area (Å²) in [6.45, 7) is 0.205. The maximum absolute atomic E-state index is 10.2. The summed E-state index contributed by atoms with van der Waals surface area (Å²) in [4.78, 5) is 13.8. The lowest BCUT2D eigenvalue weighted by molar-refractivity contribution is -0.124. The van der Waals surface area contributed by atoms with Crippen LogP contribution in [0.25, 0.3) is 0 Å². The number of nitrogens with two attached hydrogens (primary N) is 1. The molecule has 4 nitrogen and oxygen atoms in total. The summed E-state index contributed by atoms with van der Waals surface area (Å²) in [7, 11) is 0. The van der Waals surface area contributed by atoms with Gasteiger partial charge in [-0.3, -0.25) is 9.79 Å². The Kier molecular flexibility index (Phi) is 0.796. The van der Waals surface area contributed by atoms with Crippen LogP contribution >= 0.6 is 0 Å². The topological polar surface area (TPSA) is 58.7 Å². The number of hydrazine groups is 1. The third-order valence-electron chi connectivity index (χ3n) is 0.721. The standard InChI is InChI=1S/C3H5N3O/c4-6-2-5-1-3(6)7/h2H,1,4H2. The molecule has 0 aromatic carbocycles. The Hall–Kier alpha value is -0.900. The van der Waals surface area contributed by atoms with Crippen LogP contribution in [-0.2, 0) is 4.79 Å². The second-order valence-corrected chi connectivity index (χ2v) is 1.26. The Morgan fingerprint density at radius 1 is 2.00 bits per heavy atom. The van der Waals surface area contributed by atoms with Crippen LogP contribution in [0.2, 0.25) is 0 Å². The number of carbonyl (C=O) groups excluding carboxylic acids is 1. The number of hydrogen-bond donors (Lipinski definition) is 1. The molecule has 0 aliphatic carbocycles. The Morgan fingerprint density at radius 2 is 2.71 bits per heavy atom. The van der Waals surface area contributed by atoms with Gasteiger partial charge >= 0.3 is 0 Å². The van der Waals surface area contributed by atoms with Crippen LogP contribution in [0.4, 0.5) is 0 Å². The highest BCUT2D eigenvalue weighted by Gasteiger charge is 2.09. The van der Waals surface area contributed by atoms with E-state index in [2.05, 4.69) is 4.99 Å². The van der Waals surface area contributed by atoms with Crippen molar-refractivity contribution >= 4 is 12.2 Å². The van der Waals surface area contributed by atoms with Crippen LogP contribution in [-0.4, -0.2) is 23.8 Å². The van der Waals surface area contributed by atoms with E-state index in [0.717, 1.165) is 5.01 Å². The van der Waals surface area contributed by atoms with Gasteiger partial charge in [-0.05, 0) is 0 Å². The Balaban J connectivity index is 2.62. The predicted octanol–water partition coefficient (Wildman–Crippen LogP) is -1.27. The van der Waals surface area contributed by atoms with Gasteiger partial charge in [-0.2, -0.15) is 0 Å². The van der Waals surface area contributed by atoms with Crippen LogP contribution in [0.1, 0.15) is 0 Å². The molecule has 1 heterocycles. The van der Waals surface area contributed by atoms with Gasteiger partial charge in [0.1, 0.15) is 12.9 Å². The van der Waals surface area contributed by atoms with Gasteiger partial charge in [0, 0.05) is 0 Å². The molecule has 0 radical (unpaired) electrons. The molecule has 0 spiro atoms. The molecular formula is C3H5N3O. The zero-order valence-electron chi connectivity index (χ0n) is 3.66. The van der Waals surface area contributed by atoms with Crippen molar-refractivity contribution in [3.63, 3.8) is 0 Å². The summed E-state index contributed by atoms with van der Waals surface area (Å²) in [5, 5.41) is 0.972. The maximum Gasteiger partial charge on any atom is 0.263 e. The van der Waals surface area contributed by atoms with Crippen molar-refractivity contribution in [1.82, 2.24) is 5.01 Å². The number of carbonyl (C=O) groups is 1. The van der Waals surface area contributed by atoms with Crippen LogP contribution in [0, 0.1) is 0 Å². The van der Waals surface area contributed by atoms with E-state index in [9.17, 15) is 4.79 Å². The average Bonchev–Trinajstić information content (AvgIpc) is 1.91. The molecule has 1 aliphatic heterocycles. The lowest BCUT2D eigenvalue weighted by Gasteiger charge is -1.97. The third kappa shape index (κ3) is 0.592. The van der Waals surface area contributed by atoms with E-state index in [1.54, 1.807) is 0 Å². The molecule has 0 bridgehead atoms. The minimum absolute atomic E-state index is 0.153. The molecule has 1 amide bonds. The Morgan fingerprint density at radius 3 is 2.86 bits per heavy atom. The van der Waals surface area contributed by atoms with E-state index in [4.69, 9.17) is 5.84 Å². The predicted molar refractivity (Wildman–Crippen MR) is 24.4 cm³/mol. The molecular weight excluding hydrogens is 94.1 g/mol. The van der Waals surface area contributed by atoms with Gasteiger partial charge in [-0.15, -0.1) is 0 Å². The van der Waals surface area contributed by atoms with Gasteiger partial charge in [-0.25, -0.2) is 10.9 Å². The molecule has 0 aromatic heterocycles. The van der Waals surface area contributed by atoms with Gasteiger partial charge in [0.25, 0.3) is 5.91 Å². The second-order valence-electron chi connectivity index (χ2n) is 1.26. The first-order valence-corrected chi connectivity index (χ1v) is 1.87. The molecule has 4 heteroatoms. The highest BCUT2D eigenvalue weighted by atomic mass is 16.2. The monoisotopic (exact) mass is 99.0 g/mol. The van der Waals surface area contributed by atoms with Crippen molar-refractivity contribution in [1.29, 1.82) is 0 Å². The molecule has 0 saturated heterocycles. The van der Waals surface area contributed by atoms with Gasteiger partial charge in [0.15, 0.2) is 0 Å². The van der Waals surface area contributed by atoms with E-state index in [1.807, 2.05) is 0 Å². The number of rotatable bonds is 0. The molecule has 7 heavy (non-hydrogen) atoms. The van der Waals surface area contributed by atoms with Gasteiger partial charge in [-0.1, -0.05) is 0 Å². The number of hydrogen-bond acceptors (Lipinski definition) is 3. The highest BCUT2D eigenvalue weighted by molar-refractivity contribution is 5.93. The van der Waals surface area contributed by atoms with E-state index in [0.29, 0.717) is 0 Å². The molecule has 0 aromatic rings. The van der Waals surface area contributed by atoms with Crippen molar-refractivity contribution in [2.24, 2.45) is 10.8 Å². The first-order valence-electron chi connectivity index (χ1n) is 1.87. The molecule has 1 aliphatic rings. The third-order valence-corrected chi connectivity index (χ3v) is 0.721. The van der Waals surface area contributed by atoms with E-state index in [-0.39, 0.29) is 12.5 Å². The number of nitrogens with zero attached hydrogens (tertiary/aromatic N) is 2. The normalized spacial score (nSPS) is 19.0. The molecule has 0 unspecified atom stereocenters. The molecule has 0 atom stereocenters. The molecule has 0 fully saturated rings. The van der Waals surface area contributed by atoms with E-state index < -0.39 is 0 Å². The summed E-state index contributed by atoms with van der Waals surface area (Å²) >= 11 is 0. The lowest BCUT2D eigenvalue weighted by atomic mass is 10.6. The van der Waals surface area contributed by atoms with Crippen molar-refractivity contribution in [2.75, 3.05) is 6.54 Å². The first-order chi connectivity index (χ1) is 3.30. The number of aliphatic imine (C=N–C) groups is 1. The SMILES string of the molecule is NN1C=NCC1=O. The van der Waals surface area contributed by atoms with Crippen LogP contribution in [0.3, 0.4) is 0 Å². The maximum atomic E-state index is 10.2. The zero-order chi connectivity index (χ0) is 5.28. The van der Waals surface area contributed by atoms with Crippen LogP contribution in [0.15, 0.2) is 4.99 Å². The van der Waals surface area contributed by atoms with Crippen molar-refractivity contribution in [2.45, 2.75) is 0 Å².